The second-order valence-corrected chi connectivity index (χ2v) is 5.07. The summed E-state index contributed by atoms with van der Waals surface area (Å²) in [5.41, 5.74) is 0. The van der Waals surface area contributed by atoms with E-state index in [1.165, 1.54) is 25.9 Å². The molecule has 0 aromatic heterocycles. The summed E-state index contributed by atoms with van der Waals surface area (Å²) in [7, 11) is 1.67. The fraction of sp³-hybridized carbons (Fsp3) is 0.600. The molecule has 0 radical (unpaired) electrons. The van der Waals surface area contributed by atoms with Crippen molar-refractivity contribution in [3.8, 4) is 11.5 Å². The summed E-state index contributed by atoms with van der Waals surface area (Å²) >= 11 is 0. The van der Waals surface area contributed by atoms with Gasteiger partial charge in [0.2, 0.25) is 0 Å². The molecule has 1 aromatic carbocycles. The molecule has 1 unspecified atom stereocenters. The lowest BCUT2D eigenvalue weighted by Gasteiger charge is -2.30. The van der Waals surface area contributed by atoms with E-state index in [0.717, 1.165) is 30.6 Å². The van der Waals surface area contributed by atoms with Gasteiger partial charge in [0.1, 0.15) is 18.1 Å². The Balaban J connectivity index is 1.70. The van der Waals surface area contributed by atoms with E-state index in [2.05, 4.69) is 11.8 Å². The van der Waals surface area contributed by atoms with Crippen LogP contribution in [-0.2, 0) is 0 Å². The molecule has 0 aliphatic carbocycles. The molecule has 1 fully saturated rings. The molecule has 0 spiro atoms. The number of hydrogen-bond acceptors (Lipinski definition) is 3. The van der Waals surface area contributed by atoms with Gasteiger partial charge in [-0.25, -0.2) is 0 Å². The first kappa shape index (κ1) is 13.2. The zero-order chi connectivity index (χ0) is 12.8. The van der Waals surface area contributed by atoms with Gasteiger partial charge in [0.05, 0.1) is 7.11 Å². The molecule has 100 valence electrons. The Bertz CT molecular complexity index is 350. The van der Waals surface area contributed by atoms with Crippen molar-refractivity contribution < 1.29 is 9.47 Å². The van der Waals surface area contributed by atoms with Crippen LogP contribution in [0, 0.1) is 5.92 Å². The highest BCUT2D eigenvalue weighted by molar-refractivity contribution is 5.31. The van der Waals surface area contributed by atoms with Crippen LogP contribution in [0.15, 0.2) is 24.3 Å². The molecule has 2 rings (SSSR count). The van der Waals surface area contributed by atoms with Crippen LogP contribution >= 0.6 is 0 Å². The second-order valence-electron chi connectivity index (χ2n) is 5.07. The topological polar surface area (TPSA) is 21.7 Å². The predicted molar refractivity (Wildman–Crippen MR) is 73.3 cm³/mol. The van der Waals surface area contributed by atoms with E-state index >= 15 is 0 Å². The first-order valence-electron chi connectivity index (χ1n) is 6.77. The highest BCUT2D eigenvalue weighted by atomic mass is 16.5. The summed E-state index contributed by atoms with van der Waals surface area (Å²) in [6, 6.07) is 7.77. The predicted octanol–water partition coefficient (Wildman–Crippen LogP) is 2.81. The van der Waals surface area contributed by atoms with E-state index in [0.29, 0.717) is 0 Å². The normalized spacial score (nSPS) is 20.7. The molecule has 18 heavy (non-hydrogen) atoms. The molecule has 3 nitrogen and oxygen atoms in total. The fourth-order valence-electron chi connectivity index (χ4n) is 2.45. The number of rotatable bonds is 5. The lowest BCUT2D eigenvalue weighted by atomic mass is 10.0. The van der Waals surface area contributed by atoms with Crippen LogP contribution in [0.2, 0.25) is 0 Å². The van der Waals surface area contributed by atoms with Gasteiger partial charge >= 0.3 is 0 Å². The molecule has 1 aliphatic rings. The van der Waals surface area contributed by atoms with Crippen LogP contribution in [0.25, 0.3) is 0 Å². The zero-order valence-corrected chi connectivity index (χ0v) is 11.4. The van der Waals surface area contributed by atoms with Gasteiger partial charge in [0.25, 0.3) is 0 Å². The first-order valence-corrected chi connectivity index (χ1v) is 6.77. The maximum absolute atomic E-state index is 5.75. The highest BCUT2D eigenvalue weighted by Crippen LogP contribution is 2.18. The third-order valence-electron chi connectivity index (χ3n) is 3.48. The number of piperidine rings is 1. The lowest BCUT2D eigenvalue weighted by molar-refractivity contribution is 0.153. The van der Waals surface area contributed by atoms with Crippen LogP contribution in [0.1, 0.15) is 19.8 Å². The molecule has 1 saturated heterocycles. The summed E-state index contributed by atoms with van der Waals surface area (Å²) < 4.78 is 10.9. The quantitative estimate of drug-likeness (QED) is 0.801. The van der Waals surface area contributed by atoms with E-state index in [-0.39, 0.29) is 0 Å². The van der Waals surface area contributed by atoms with E-state index in [1.54, 1.807) is 7.11 Å². The summed E-state index contributed by atoms with van der Waals surface area (Å²) in [6.45, 7) is 6.55. The minimum absolute atomic E-state index is 0.763. The molecule has 1 aromatic rings. The van der Waals surface area contributed by atoms with Crippen LogP contribution in [0.3, 0.4) is 0 Å². The zero-order valence-electron chi connectivity index (χ0n) is 11.4. The highest BCUT2D eigenvalue weighted by Gasteiger charge is 2.15. The first-order chi connectivity index (χ1) is 8.78. The average molecular weight is 249 g/mol. The van der Waals surface area contributed by atoms with Crippen molar-refractivity contribution in [1.82, 2.24) is 4.90 Å². The van der Waals surface area contributed by atoms with Gasteiger partial charge in [-0.1, -0.05) is 6.92 Å². The molecular weight excluding hydrogens is 226 g/mol. The van der Waals surface area contributed by atoms with Crippen molar-refractivity contribution in [2.75, 3.05) is 33.4 Å². The van der Waals surface area contributed by atoms with Crippen molar-refractivity contribution in [2.45, 2.75) is 19.8 Å². The summed E-state index contributed by atoms with van der Waals surface area (Å²) in [6.07, 6.45) is 2.69. The van der Waals surface area contributed by atoms with Crippen molar-refractivity contribution in [3.63, 3.8) is 0 Å². The molecule has 0 saturated carbocycles. The summed E-state index contributed by atoms with van der Waals surface area (Å²) in [5.74, 6) is 2.62. The van der Waals surface area contributed by atoms with Gasteiger partial charge in [0, 0.05) is 13.1 Å². The van der Waals surface area contributed by atoms with E-state index in [9.17, 15) is 0 Å². The molecule has 0 amide bonds. The average Bonchev–Trinajstić information content (AvgIpc) is 2.40. The molecule has 1 heterocycles. The molecular formula is C15H23NO2. The van der Waals surface area contributed by atoms with Gasteiger partial charge in [-0.2, -0.15) is 0 Å². The van der Waals surface area contributed by atoms with Crippen LogP contribution in [0.4, 0.5) is 0 Å². The van der Waals surface area contributed by atoms with Crippen molar-refractivity contribution in [1.29, 1.82) is 0 Å². The third kappa shape index (κ3) is 3.91. The van der Waals surface area contributed by atoms with E-state index in [4.69, 9.17) is 9.47 Å². The number of ether oxygens (including phenoxy) is 2. The fourth-order valence-corrected chi connectivity index (χ4v) is 2.45. The lowest BCUT2D eigenvalue weighted by Crippen LogP contribution is -2.37. The Morgan fingerprint density at radius 3 is 2.61 bits per heavy atom. The standard InChI is InChI=1S/C15H23NO2/c1-13-4-3-9-16(12-13)10-11-18-15-7-5-14(17-2)6-8-15/h5-8,13H,3-4,9-12H2,1-2H3. The number of methoxy groups -OCH3 is 1. The Kier molecular flexibility index (Phi) is 4.88. The van der Waals surface area contributed by atoms with Crippen molar-refractivity contribution >= 4 is 0 Å². The molecule has 0 N–H and O–H groups in total. The van der Waals surface area contributed by atoms with Gasteiger partial charge in [-0.3, -0.25) is 4.90 Å². The monoisotopic (exact) mass is 249 g/mol. The van der Waals surface area contributed by atoms with E-state index < -0.39 is 0 Å². The Morgan fingerprint density at radius 2 is 1.94 bits per heavy atom. The Labute approximate surface area is 110 Å². The minimum atomic E-state index is 0.763. The number of benzene rings is 1. The van der Waals surface area contributed by atoms with Crippen LogP contribution in [0.5, 0.6) is 11.5 Å². The molecule has 0 bridgehead atoms. The molecule has 1 atom stereocenters. The second kappa shape index (κ2) is 6.64. The van der Waals surface area contributed by atoms with Gasteiger partial charge in [-0.05, 0) is 49.6 Å². The summed E-state index contributed by atoms with van der Waals surface area (Å²) in [4.78, 5) is 2.50. The molecule has 1 aliphatic heterocycles. The van der Waals surface area contributed by atoms with Crippen LogP contribution < -0.4 is 9.47 Å². The third-order valence-corrected chi connectivity index (χ3v) is 3.48. The number of hydrogen-bond donors (Lipinski definition) is 0. The van der Waals surface area contributed by atoms with Crippen molar-refractivity contribution in [3.05, 3.63) is 24.3 Å². The largest absolute Gasteiger partial charge is 0.497 e. The SMILES string of the molecule is COc1ccc(OCCN2CCCC(C)C2)cc1. The number of nitrogens with zero attached hydrogens (tertiary/aromatic N) is 1. The van der Waals surface area contributed by atoms with Gasteiger partial charge < -0.3 is 9.47 Å². The van der Waals surface area contributed by atoms with Crippen molar-refractivity contribution in [2.24, 2.45) is 5.92 Å². The number of likely N-dealkylation sites (tertiary alicyclic amines) is 1. The van der Waals surface area contributed by atoms with Crippen LogP contribution in [-0.4, -0.2) is 38.3 Å². The maximum Gasteiger partial charge on any atom is 0.119 e. The Hall–Kier alpha value is -1.22. The van der Waals surface area contributed by atoms with E-state index in [1.807, 2.05) is 24.3 Å². The Morgan fingerprint density at radius 1 is 1.22 bits per heavy atom. The molecule has 3 heteroatoms. The summed E-state index contributed by atoms with van der Waals surface area (Å²) in [5, 5.41) is 0. The van der Waals surface area contributed by atoms with Gasteiger partial charge in [-0.15, -0.1) is 0 Å². The minimum Gasteiger partial charge on any atom is -0.497 e. The maximum atomic E-state index is 5.75. The smallest absolute Gasteiger partial charge is 0.119 e. The van der Waals surface area contributed by atoms with Gasteiger partial charge in [0.15, 0.2) is 0 Å².